The molecule has 0 bridgehead atoms. The number of carbonyl (C=O) groups excluding carboxylic acids is 2. The molecule has 4 rings (SSSR count). The van der Waals surface area contributed by atoms with E-state index in [0.29, 0.717) is 13.1 Å². The Morgan fingerprint density at radius 3 is 2.64 bits per heavy atom. The van der Waals surface area contributed by atoms with E-state index in [0.717, 1.165) is 31.2 Å². The molecule has 1 saturated carbocycles. The number of aryl methyl sites for hydroxylation is 1. The zero-order valence-corrected chi connectivity index (χ0v) is 16.3. The van der Waals surface area contributed by atoms with Crippen molar-refractivity contribution >= 4 is 11.8 Å². The number of rotatable bonds is 5. The zero-order valence-electron chi connectivity index (χ0n) is 16.3. The van der Waals surface area contributed by atoms with E-state index >= 15 is 0 Å². The summed E-state index contributed by atoms with van der Waals surface area (Å²) in [6.45, 7) is 3.06. The number of carbonyl (C=O) groups is 2. The fraction of sp³-hybridized carbons (Fsp3) is 0.435. The Morgan fingerprint density at radius 1 is 1.11 bits per heavy atom. The van der Waals surface area contributed by atoms with Crippen molar-refractivity contribution in [2.75, 3.05) is 6.54 Å². The summed E-state index contributed by atoms with van der Waals surface area (Å²) in [5.74, 6) is 0.251. The predicted octanol–water partition coefficient (Wildman–Crippen LogP) is 3.40. The third-order valence-corrected chi connectivity index (χ3v) is 5.78. The first-order valence-corrected chi connectivity index (χ1v) is 10.2. The van der Waals surface area contributed by atoms with Crippen molar-refractivity contribution in [2.24, 2.45) is 11.8 Å². The minimum absolute atomic E-state index is 0.0279. The molecular formula is C23H27N3O2. The maximum atomic E-state index is 13.0. The first-order chi connectivity index (χ1) is 13.6. The first kappa shape index (κ1) is 18.7. The van der Waals surface area contributed by atoms with E-state index in [1.807, 2.05) is 17.0 Å². The summed E-state index contributed by atoms with van der Waals surface area (Å²) in [4.78, 5) is 31.8. The van der Waals surface area contributed by atoms with Gasteiger partial charge < -0.3 is 10.2 Å². The van der Waals surface area contributed by atoms with E-state index in [9.17, 15) is 9.59 Å². The molecule has 5 nitrogen and oxygen atoms in total. The van der Waals surface area contributed by atoms with Gasteiger partial charge in [-0.2, -0.15) is 0 Å². The molecule has 146 valence electrons. The SMILES string of the molecule is Cc1cccc(C2CCC(C(=O)NCc3cccnc3)CN2C(=O)C2CC2)c1. The quantitative estimate of drug-likeness (QED) is 0.869. The molecule has 1 aromatic heterocycles. The van der Waals surface area contributed by atoms with Crippen LogP contribution < -0.4 is 5.32 Å². The molecule has 2 aliphatic rings. The number of hydrogen-bond acceptors (Lipinski definition) is 3. The lowest BCUT2D eigenvalue weighted by Crippen LogP contribution is -2.47. The molecule has 1 aliphatic heterocycles. The number of likely N-dealkylation sites (tertiary alicyclic amines) is 1. The summed E-state index contributed by atoms with van der Waals surface area (Å²) in [5, 5.41) is 3.02. The lowest BCUT2D eigenvalue weighted by atomic mass is 9.87. The second kappa shape index (κ2) is 8.13. The van der Waals surface area contributed by atoms with Gasteiger partial charge in [0.2, 0.25) is 11.8 Å². The molecule has 2 unspecified atom stereocenters. The second-order valence-electron chi connectivity index (χ2n) is 8.05. The summed E-state index contributed by atoms with van der Waals surface area (Å²) in [7, 11) is 0. The zero-order chi connectivity index (χ0) is 19.5. The van der Waals surface area contributed by atoms with Crippen molar-refractivity contribution < 1.29 is 9.59 Å². The van der Waals surface area contributed by atoms with Gasteiger partial charge in [-0.05, 0) is 49.8 Å². The van der Waals surface area contributed by atoms with Gasteiger partial charge in [-0.3, -0.25) is 14.6 Å². The maximum Gasteiger partial charge on any atom is 0.226 e. The Hall–Kier alpha value is -2.69. The molecule has 1 saturated heterocycles. The van der Waals surface area contributed by atoms with E-state index in [1.54, 1.807) is 12.4 Å². The van der Waals surface area contributed by atoms with E-state index in [1.165, 1.54) is 11.1 Å². The molecule has 0 radical (unpaired) electrons. The topological polar surface area (TPSA) is 62.3 Å². The molecule has 1 N–H and O–H groups in total. The number of amides is 2. The molecule has 2 atom stereocenters. The predicted molar refractivity (Wildman–Crippen MR) is 107 cm³/mol. The average molecular weight is 377 g/mol. The van der Waals surface area contributed by atoms with E-state index in [2.05, 4.69) is 41.5 Å². The van der Waals surface area contributed by atoms with Crippen LogP contribution in [0.5, 0.6) is 0 Å². The van der Waals surface area contributed by atoms with E-state index in [-0.39, 0.29) is 29.7 Å². The van der Waals surface area contributed by atoms with Crippen LogP contribution in [-0.2, 0) is 16.1 Å². The Balaban J connectivity index is 1.45. The van der Waals surface area contributed by atoms with Gasteiger partial charge in [-0.1, -0.05) is 35.9 Å². The Kier molecular flexibility index (Phi) is 5.42. The van der Waals surface area contributed by atoms with Crippen LogP contribution in [0.3, 0.4) is 0 Å². The highest BCUT2D eigenvalue weighted by Crippen LogP contribution is 2.39. The average Bonchev–Trinajstić information content (AvgIpc) is 3.57. The van der Waals surface area contributed by atoms with Crippen LogP contribution in [0, 0.1) is 18.8 Å². The molecule has 28 heavy (non-hydrogen) atoms. The number of hydrogen-bond donors (Lipinski definition) is 1. The van der Waals surface area contributed by atoms with Crippen LogP contribution in [-0.4, -0.2) is 28.2 Å². The normalized spacial score (nSPS) is 22.0. The van der Waals surface area contributed by atoms with Crippen molar-refractivity contribution in [1.82, 2.24) is 15.2 Å². The largest absolute Gasteiger partial charge is 0.352 e. The van der Waals surface area contributed by atoms with Crippen LogP contribution >= 0.6 is 0 Å². The van der Waals surface area contributed by atoms with Gasteiger partial charge in [0, 0.05) is 31.4 Å². The van der Waals surface area contributed by atoms with Gasteiger partial charge in [0.25, 0.3) is 0 Å². The van der Waals surface area contributed by atoms with E-state index < -0.39 is 0 Å². The van der Waals surface area contributed by atoms with Crippen LogP contribution in [0.4, 0.5) is 0 Å². The van der Waals surface area contributed by atoms with Crippen molar-refractivity contribution in [3.63, 3.8) is 0 Å². The summed E-state index contributed by atoms with van der Waals surface area (Å²) in [6.07, 6.45) is 7.07. The number of pyridine rings is 1. The van der Waals surface area contributed by atoms with Crippen LogP contribution in [0.15, 0.2) is 48.8 Å². The molecule has 1 aliphatic carbocycles. The molecule has 0 spiro atoms. The third-order valence-electron chi connectivity index (χ3n) is 5.78. The summed E-state index contributed by atoms with van der Waals surface area (Å²) < 4.78 is 0. The molecule has 5 heteroatoms. The van der Waals surface area contributed by atoms with Crippen molar-refractivity contribution in [3.05, 3.63) is 65.5 Å². The highest BCUT2D eigenvalue weighted by atomic mass is 16.2. The minimum Gasteiger partial charge on any atom is -0.352 e. The lowest BCUT2D eigenvalue weighted by Gasteiger charge is -2.40. The molecule has 2 amide bonds. The molecule has 2 fully saturated rings. The smallest absolute Gasteiger partial charge is 0.226 e. The fourth-order valence-corrected chi connectivity index (χ4v) is 4.05. The third kappa shape index (κ3) is 4.24. The first-order valence-electron chi connectivity index (χ1n) is 10.2. The number of nitrogens with one attached hydrogen (secondary N) is 1. The summed E-state index contributed by atoms with van der Waals surface area (Å²) in [5.41, 5.74) is 3.37. The monoisotopic (exact) mass is 377 g/mol. The summed E-state index contributed by atoms with van der Waals surface area (Å²) >= 11 is 0. The summed E-state index contributed by atoms with van der Waals surface area (Å²) in [6, 6.07) is 12.3. The maximum absolute atomic E-state index is 13.0. The van der Waals surface area contributed by atoms with Crippen molar-refractivity contribution in [1.29, 1.82) is 0 Å². The molecule has 2 aromatic rings. The van der Waals surface area contributed by atoms with Crippen LogP contribution in [0.25, 0.3) is 0 Å². The van der Waals surface area contributed by atoms with Gasteiger partial charge in [0.05, 0.1) is 12.0 Å². The highest BCUT2D eigenvalue weighted by molar-refractivity contribution is 5.84. The minimum atomic E-state index is -0.152. The van der Waals surface area contributed by atoms with Gasteiger partial charge in [-0.25, -0.2) is 0 Å². The molecular weight excluding hydrogens is 350 g/mol. The molecule has 1 aromatic carbocycles. The number of nitrogens with zero attached hydrogens (tertiary/aromatic N) is 2. The van der Waals surface area contributed by atoms with Gasteiger partial charge in [0.1, 0.15) is 0 Å². The Labute approximate surface area is 166 Å². The standard InChI is InChI=1S/C23H27N3O2/c1-16-4-2-6-19(12-16)21-10-9-20(15-26(21)23(28)18-7-8-18)22(27)25-14-17-5-3-11-24-13-17/h2-6,11-13,18,20-21H,7-10,14-15H2,1H3,(H,25,27). The van der Waals surface area contributed by atoms with Crippen molar-refractivity contribution in [2.45, 2.75) is 45.2 Å². The molecule has 2 heterocycles. The van der Waals surface area contributed by atoms with Crippen LogP contribution in [0.1, 0.15) is 48.4 Å². The fourth-order valence-electron chi connectivity index (χ4n) is 4.05. The number of piperidine rings is 1. The highest BCUT2D eigenvalue weighted by Gasteiger charge is 2.41. The Morgan fingerprint density at radius 2 is 1.93 bits per heavy atom. The van der Waals surface area contributed by atoms with Crippen molar-refractivity contribution in [3.8, 4) is 0 Å². The Bertz CT molecular complexity index is 848. The second-order valence-corrected chi connectivity index (χ2v) is 8.05. The number of aromatic nitrogens is 1. The van der Waals surface area contributed by atoms with Crippen LogP contribution in [0.2, 0.25) is 0 Å². The number of benzene rings is 1. The lowest BCUT2D eigenvalue weighted by molar-refractivity contribution is -0.140. The van der Waals surface area contributed by atoms with Gasteiger partial charge >= 0.3 is 0 Å². The van der Waals surface area contributed by atoms with Gasteiger partial charge in [-0.15, -0.1) is 0 Å². The van der Waals surface area contributed by atoms with Gasteiger partial charge in [0.15, 0.2) is 0 Å². The van der Waals surface area contributed by atoms with E-state index in [4.69, 9.17) is 0 Å².